The largest absolute Gasteiger partial charge is 0.364 e. The maximum atomic E-state index is 12.9. The van der Waals surface area contributed by atoms with Gasteiger partial charge in [-0.05, 0) is 45.7 Å². The van der Waals surface area contributed by atoms with E-state index in [9.17, 15) is 9.59 Å². The van der Waals surface area contributed by atoms with Crippen molar-refractivity contribution in [2.75, 3.05) is 13.1 Å². The Labute approximate surface area is 146 Å². The number of nitrogens with one attached hydrogen (secondary N) is 1. The van der Waals surface area contributed by atoms with E-state index in [1.165, 1.54) is 0 Å². The Kier molecular flexibility index (Phi) is 4.61. The molecule has 3 N–H and O–H groups in total. The van der Waals surface area contributed by atoms with E-state index in [1.54, 1.807) is 10.7 Å². The Hall–Kier alpha value is -2.64. The van der Waals surface area contributed by atoms with E-state index in [0.717, 1.165) is 36.5 Å². The van der Waals surface area contributed by atoms with Gasteiger partial charge >= 0.3 is 0 Å². The molecule has 8 nitrogen and oxygen atoms in total. The van der Waals surface area contributed by atoms with E-state index in [1.807, 2.05) is 31.7 Å². The monoisotopic (exact) mass is 344 g/mol. The lowest BCUT2D eigenvalue weighted by molar-refractivity contribution is -0.135. The fourth-order valence-electron chi connectivity index (χ4n) is 3.51. The zero-order valence-electron chi connectivity index (χ0n) is 14.8. The minimum Gasteiger partial charge on any atom is -0.364 e. The molecule has 0 bridgehead atoms. The van der Waals surface area contributed by atoms with Crippen molar-refractivity contribution in [1.82, 2.24) is 24.9 Å². The Morgan fingerprint density at radius 3 is 2.72 bits per heavy atom. The summed E-state index contributed by atoms with van der Waals surface area (Å²) in [6, 6.07) is 3.32. The van der Waals surface area contributed by atoms with Gasteiger partial charge in [0.15, 0.2) is 0 Å². The molecular formula is C17H24N6O2. The summed E-state index contributed by atoms with van der Waals surface area (Å²) in [7, 11) is 0. The highest BCUT2D eigenvalue weighted by Gasteiger charge is 2.30. The molecule has 0 radical (unpaired) electrons. The van der Waals surface area contributed by atoms with Crippen LogP contribution in [0.1, 0.15) is 59.3 Å². The first-order valence-electron chi connectivity index (χ1n) is 8.53. The Morgan fingerprint density at radius 2 is 2.12 bits per heavy atom. The van der Waals surface area contributed by atoms with Crippen LogP contribution in [0.3, 0.4) is 0 Å². The van der Waals surface area contributed by atoms with E-state index in [-0.39, 0.29) is 23.6 Å². The van der Waals surface area contributed by atoms with Crippen LogP contribution in [0.25, 0.3) is 0 Å². The average Bonchev–Trinajstić information content (AvgIpc) is 3.20. The molecular weight excluding hydrogens is 320 g/mol. The zero-order valence-corrected chi connectivity index (χ0v) is 14.8. The highest BCUT2D eigenvalue weighted by molar-refractivity contribution is 5.90. The van der Waals surface area contributed by atoms with Gasteiger partial charge in [-0.25, -0.2) is 0 Å². The molecule has 0 saturated carbocycles. The number of aromatic amines is 1. The van der Waals surface area contributed by atoms with Crippen LogP contribution in [-0.4, -0.2) is 49.8 Å². The van der Waals surface area contributed by atoms with Gasteiger partial charge in [-0.1, -0.05) is 0 Å². The molecule has 0 spiro atoms. The van der Waals surface area contributed by atoms with E-state index in [4.69, 9.17) is 5.73 Å². The molecule has 2 aromatic heterocycles. The molecule has 25 heavy (non-hydrogen) atoms. The molecule has 1 aliphatic rings. The first-order chi connectivity index (χ1) is 11.9. The maximum Gasteiger partial charge on any atom is 0.269 e. The molecule has 8 heteroatoms. The number of aryl methyl sites for hydroxylation is 2. The molecule has 1 fully saturated rings. The van der Waals surface area contributed by atoms with Crippen molar-refractivity contribution in [3.63, 3.8) is 0 Å². The second kappa shape index (κ2) is 6.70. The molecule has 3 rings (SSSR count). The molecule has 134 valence electrons. The van der Waals surface area contributed by atoms with E-state index >= 15 is 0 Å². The van der Waals surface area contributed by atoms with Crippen molar-refractivity contribution in [3.05, 3.63) is 34.9 Å². The number of aromatic nitrogens is 4. The van der Waals surface area contributed by atoms with E-state index < -0.39 is 5.91 Å². The minimum atomic E-state index is -0.551. The fraction of sp³-hybridized carbons (Fsp3) is 0.529. The molecule has 0 aromatic carbocycles. The number of likely N-dealkylation sites (tertiary alicyclic amines) is 1. The van der Waals surface area contributed by atoms with Gasteiger partial charge in [-0.3, -0.25) is 19.4 Å². The third-order valence-corrected chi connectivity index (χ3v) is 4.79. The van der Waals surface area contributed by atoms with Crippen LogP contribution in [0.5, 0.6) is 0 Å². The lowest BCUT2D eigenvalue weighted by atomic mass is 9.94. The molecule has 2 atom stereocenters. The van der Waals surface area contributed by atoms with Crippen LogP contribution in [0, 0.1) is 13.8 Å². The second-order valence-electron chi connectivity index (χ2n) is 6.74. The molecule has 2 aromatic rings. The normalized spacial score (nSPS) is 19.0. The third kappa shape index (κ3) is 3.42. The summed E-state index contributed by atoms with van der Waals surface area (Å²) in [4.78, 5) is 26.0. The quantitative estimate of drug-likeness (QED) is 0.870. The van der Waals surface area contributed by atoms with Crippen LogP contribution in [0.4, 0.5) is 0 Å². The predicted octanol–water partition coefficient (Wildman–Crippen LogP) is 1.29. The van der Waals surface area contributed by atoms with Gasteiger partial charge in [0.05, 0.1) is 5.69 Å². The van der Waals surface area contributed by atoms with Gasteiger partial charge in [-0.15, -0.1) is 0 Å². The number of carbonyl (C=O) groups excluding carboxylic acids is 2. The van der Waals surface area contributed by atoms with E-state index in [0.29, 0.717) is 6.54 Å². The minimum absolute atomic E-state index is 0.0607. The highest BCUT2D eigenvalue weighted by atomic mass is 16.2. The smallest absolute Gasteiger partial charge is 0.269 e. The number of rotatable bonds is 4. The number of H-pyrrole nitrogens is 1. The molecule has 1 saturated heterocycles. The topological polar surface area (TPSA) is 110 Å². The molecule has 0 aliphatic carbocycles. The van der Waals surface area contributed by atoms with Crippen molar-refractivity contribution in [2.45, 2.75) is 45.6 Å². The molecule has 1 aliphatic heterocycles. The lowest BCUT2D eigenvalue weighted by Crippen LogP contribution is -2.42. The van der Waals surface area contributed by atoms with Crippen LogP contribution in [0.2, 0.25) is 0 Å². The lowest BCUT2D eigenvalue weighted by Gasteiger charge is -2.34. The molecule has 3 heterocycles. The number of hydrogen-bond acceptors (Lipinski definition) is 4. The Morgan fingerprint density at radius 1 is 1.36 bits per heavy atom. The van der Waals surface area contributed by atoms with Gasteiger partial charge in [-0.2, -0.15) is 10.2 Å². The van der Waals surface area contributed by atoms with Crippen molar-refractivity contribution in [3.8, 4) is 0 Å². The first kappa shape index (κ1) is 17.2. The number of nitrogens with two attached hydrogens (primary N) is 1. The van der Waals surface area contributed by atoms with Crippen LogP contribution >= 0.6 is 0 Å². The summed E-state index contributed by atoms with van der Waals surface area (Å²) in [6.45, 7) is 7.09. The van der Waals surface area contributed by atoms with Gasteiger partial charge in [0, 0.05) is 30.4 Å². The zero-order chi connectivity index (χ0) is 18.1. The summed E-state index contributed by atoms with van der Waals surface area (Å²) >= 11 is 0. The van der Waals surface area contributed by atoms with Crippen LogP contribution < -0.4 is 5.73 Å². The number of hydrogen-bond donors (Lipinski definition) is 2. The third-order valence-electron chi connectivity index (χ3n) is 4.79. The highest BCUT2D eigenvalue weighted by Crippen LogP contribution is 2.27. The number of piperidine rings is 1. The van der Waals surface area contributed by atoms with Crippen molar-refractivity contribution < 1.29 is 9.59 Å². The summed E-state index contributed by atoms with van der Waals surface area (Å²) < 4.78 is 1.78. The van der Waals surface area contributed by atoms with Gasteiger partial charge in [0.25, 0.3) is 5.91 Å². The molecule has 2 amide bonds. The predicted molar refractivity (Wildman–Crippen MR) is 92.1 cm³/mol. The van der Waals surface area contributed by atoms with Crippen LogP contribution in [0.15, 0.2) is 12.1 Å². The standard InChI is InChI=1S/C17H24N6O2/c1-10-7-11(2)23(21-10)12(3)17(25)22-6-4-5-13(9-22)14-8-15(16(18)24)20-19-14/h7-8,12-13H,4-6,9H2,1-3H3,(H2,18,24)(H,19,20)/t12-,13+/m0/s1. The van der Waals surface area contributed by atoms with Gasteiger partial charge in [0.1, 0.15) is 11.7 Å². The van der Waals surface area contributed by atoms with Crippen molar-refractivity contribution in [2.24, 2.45) is 5.73 Å². The number of nitrogens with zero attached hydrogens (tertiary/aromatic N) is 4. The summed E-state index contributed by atoms with van der Waals surface area (Å²) in [5.74, 6) is -0.360. The maximum absolute atomic E-state index is 12.9. The Bertz CT molecular complexity index is 793. The summed E-state index contributed by atoms with van der Waals surface area (Å²) in [6.07, 6.45) is 1.85. The number of amides is 2. The number of primary amides is 1. The van der Waals surface area contributed by atoms with Gasteiger partial charge < -0.3 is 10.6 Å². The Balaban J connectivity index is 1.72. The van der Waals surface area contributed by atoms with Crippen molar-refractivity contribution >= 4 is 11.8 Å². The first-order valence-corrected chi connectivity index (χ1v) is 8.53. The number of carbonyl (C=O) groups is 2. The summed E-state index contributed by atoms with van der Waals surface area (Å²) in [5.41, 5.74) is 8.23. The van der Waals surface area contributed by atoms with E-state index in [2.05, 4.69) is 15.3 Å². The molecule has 0 unspecified atom stereocenters. The fourth-order valence-corrected chi connectivity index (χ4v) is 3.51. The second-order valence-corrected chi connectivity index (χ2v) is 6.74. The average molecular weight is 344 g/mol. The SMILES string of the molecule is Cc1cc(C)n([C@@H](C)C(=O)N2CCC[C@@H](c3cc(C(N)=O)n[nH]3)C2)n1. The van der Waals surface area contributed by atoms with Crippen LogP contribution in [-0.2, 0) is 4.79 Å². The summed E-state index contributed by atoms with van der Waals surface area (Å²) in [5, 5.41) is 11.3. The van der Waals surface area contributed by atoms with Gasteiger partial charge in [0.2, 0.25) is 5.91 Å². The van der Waals surface area contributed by atoms with Crippen molar-refractivity contribution in [1.29, 1.82) is 0 Å².